The number of benzene rings is 1. The third kappa shape index (κ3) is 7.44. The van der Waals surface area contributed by atoms with Gasteiger partial charge in [0, 0.05) is 6.54 Å². The molecule has 1 heterocycles. The van der Waals surface area contributed by atoms with Gasteiger partial charge in [0.1, 0.15) is 17.9 Å². The SMILES string of the molecule is COc1ccc(CCCCCOC(=O)[C@@H]2CCCCN2C(=O)OC2CCCCC2)cc1. The second kappa shape index (κ2) is 12.6. The first-order valence-electron chi connectivity index (χ1n) is 11.9. The van der Waals surface area contributed by atoms with Crippen LogP contribution in [0.5, 0.6) is 5.75 Å². The molecule has 6 heteroatoms. The highest BCUT2D eigenvalue weighted by atomic mass is 16.6. The maximum absolute atomic E-state index is 12.7. The third-order valence-corrected chi connectivity index (χ3v) is 6.34. The Morgan fingerprint density at radius 1 is 0.935 bits per heavy atom. The molecule has 3 rings (SSSR count). The van der Waals surface area contributed by atoms with Gasteiger partial charge in [-0.05, 0) is 88.3 Å². The van der Waals surface area contributed by atoms with Gasteiger partial charge in [0.25, 0.3) is 0 Å². The van der Waals surface area contributed by atoms with Gasteiger partial charge < -0.3 is 14.2 Å². The van der Waals surface area contributed by atoms with Crippen molar-refractivity contribution in [3.63, 3.8) is 0 Å². The molecule has 1 aliphatic heterocycles. The number of likely N-dealkylation sites (tertiary alicyclic amines) is 1. The quantitative estimate of drug-likeness (QED) is 0.393. The minimum atomic E-state index is -0.496. The van der Waals surface area contributed by atoms with Crippen LogP contribution in [-0.2, 0) is 20.7 Å². The van der Waals surface area contributed by atoms with E-state index in [0.29, 0.717) is 19.6 Å². The van der Waals surface area contributed by atoms with Gasteiger partial charge in [0.05, 0.1) is 13.7 Å². The average Bonchev–Trinajstić information content (AvgIpc) is 2.82. The molecule has 1 atom stereocenters. The number of esters is 1. The molecule has 1 aromatic rings. The zero-order valence-electron chi connectivity index (χ0n) is 18.9. The highest BCUT2D eigenvalue weighted by molar-refractivity contribution is 5.81. The van der Waals surface area contributed by atoms with Crippen molar-refractivity contribution in [2.45, 2.75) is 89.2 Å². The zero-order valence-corrected chi connectivity index (χ0v) is 18.9. The number of amides is 1. The molecule has 1 saturated carbocycles. The fraction of sp³-hybridized carbons (Fsp3) is 0.680. The minimum absolute atomic E-state index is 0.00514. The predicted octanol–water partition coefficient (Wildman–Crippen LogP) is 5.28. The van der Waals surface area contributed by atoms with Crippen molar-refractivity contribution in [1.82, 2.24) is 4.90 Å². The molecule has 0 radical (unpaired) electrons. The van der Waals surface area contributed by atoms with Crippen molar-refractivity contribution in [3.05, 3.63) is 29.8 Å². The number of methoxy groups -OCH3 is 1. The van der Waals surface area contributed by atoms with Crippen LogP contribution in [0.1, 0.15) is 76.2 Å². The molecule has 6 nitrogen and oxygen atoms in total. The number of aryl methyl sites for hydroxylation is 1. The van der Waals surface area contributed by atoms with Gasteiger partial charge in [0.15, 0.2) is 0 Å². The van der Waals surface area contributed by atoms with Gasteiger partial charge in [0.2, 0.25) is 0 Å². The molecule has 0 unspecified atom stereocenters. The summed E-state index contributed by atoms with van der Waals surface area (Å²) < 4.78 is 16.4. The number of piperidine rings is 1. The summed E-state index contributed by atoms with van der Waals surface area (Å²) in [6, 6.07) is 7.63. The van der Waals surface area contributed by atoms with Gasteiger partial charge in [-0.1, -0.05) is 18.6 Å². The topological polar surface area (TPSA) is 65.1 Å². The molecule has 31 heavy (non-hydrogen) atoms. The molecule has 1 amide bonds. The molecular weight excluding hydrogens is 394 g/mol. The number of rotatable bonds is 9. The summed E-state index contributed by atoms with van der Waals surface area (Å²) in [6.07, 6.45) is 11.4. The second-order valence-corrected chi connectivity index (χ2v) is 8.67. The molecule has 172 valence electrons. The Kier molecular flexibility index (Phi) is 9.50. The summed E-state index contributed by atoms with van der Waals surface area (Å²) in [5.74, 6) is 0.588. The van der Waals surface area contributed by atoms with Gasteiger partial charge in [-0.3, -0.25) is 4.90 Å². The zero-order chi connectivity index (χ0) is 21.9. The molecule has 1 aliphatic carbocycles. The molecule has 0 bridgehead atoms. The Labute approximate surface area is 186 Å². The molecular formula is C25H37NO5. The molecule has 0 aromatic heterocycles. The first kappa shape index (κ1) is 23.4. The number of ether oxygens (including phenoxy) is 3. The Bertz CT molecular complexity index is 684. The molecule has 1 saturated heterocycles. The maximum atomic E-state index is 12.7. The fourth-order valence-electron chi connectivity index (χ4n) is 4.46. The largest absolute Gasteiger partial charge is 0.497 e. The van der Waals surface area contributed by atoms with Crippen LogP contribution in [-0.4, -0.2) is 49.4 Å². The van der Waals surface area contributed by atoms with Gasteiger partial charge >= 0.3 is 12.1 Å². The summed E-state index contributed by atoms with van der Waals surface area (Å²) in [5.41, 5.74) is 1.28. The molecule has 2 aliphatic rings. The van der Waals surface area contributed by atoms with E-state index in [1.54, 1.807) is 12.0 Å². The standard InChI is InChI=1S/C25H37NO5/c1-29-21-16-14-20(15-17-21)10-4-3-9-19-30-24(27)23-13-7-8-18-26(23)25(28)31-22-11-5-2-6-12-22/h14-17,22-23H,2-13,18-19H2,1H3/t23-/m0/s1. The van der Waals surface area contributed by atoms with Crippen molar-refractivity contribution < 1.29 is 23.8 Å². The van der Waals surface area contributed by atoms with Crippen LogP contribution in [0.2, 0.25) is 0 Å². The van der Waals surface area contributed by atoms with Crippen LogP contribution in [0.4, 0.5) is 4.79 Å². The van der Waals surface area contributed by atoms with Gasteiger partial charge in [-0.15, -0.1) is 0 Å². The van der Waals surface area contributed by atoms with Crippen molar-refractivity contribution in [2.75, 3.05) is 20.3 Å². The van der Waals surface area contributed by atoms with Gasteiger partial charge in [-0.2, -0.15) is 0 Å². The van der Waals surface area contributed by atoms with E-state index in [-0.39, 0.29) is 18.2 Å². The number of unbranched alkanes of at least 4 members (excludes halogenated alkanes) is 2. The number of nitrogens with zero attached hydrogens (tertiary/aromatic N) is 1. The lowest BCUT2D eigenvalue weighted by Gasteiger charge is -2.34. The predicted molar refractivity (Wildman–Crippen MR) is 119 cm³/mol. The highest BCUT2D eigenvalue weighted by Crippen LogP contribution is 2.24. The summed E-state index contributed by atoms with van der Waals surface area (Å²) in [4.78, 5) is 26.9. The highest BCUT2D eigenvalue weighted by Gasteiger charge is 2.35. The fourth-order valence-corrected chi connectivity index (χ4v) is 4.46. The first-order chi connectivity index (χ1) is 15.2. The summed E-state index contributed by atoms with van der Waals surface area (Å²) >= 11 is 0. The Morgan fingerprint density at radius 3 is 2.42 bits per heavy atom. The van der Waals surface area contributed by atoms with E-state index < -0.39 is 6.04 Å². The van der Waals surface area contributed by atoms with Crippen molar-refractivity contribution in [1.29, 1.82) is 0 Å². The van der Waals surface area contributed by atoms with Crippen LogP contribution in [0, 0.1) is 0 Å². The molecule has 2 fully saturated rings. The van der Waals surface area contributed by atoms with E-state index in [9.17, 15) is 9.59 Å². The maximum Gasteiger partial charge on any atom is 0.410 e. The van der Waals surface area contributed by atoms with Crippen LogP contribution < -0.4 is 4.74 Å². The van der Waals surface area contributed by atoms with Crippen LogP contribution in [0.3, 0.4) is 0 Å². The number of hydrogen-bond donors (Lipinski definition) is 0. The lowest BCUT2D eigenvalue weighted by molar-refractivity contribution is -0.151. The Balaban J connectivity index is 1.35. The van der Waals surface area contributed by atoms with E-state index in [1.165, 1.54) is 12.0 Å². The third-order valence-electron chi connectivity index (χ3n) is 6.34. The Hall–Kier alpha value is -2.24. The number of carbonyl (C=O) groups excluding carboxylic acids is 2. The summed E-state index contributed by atoms with van der Waals surface area (Å²) in [6.45, 7) is 0.983. The van der Waals surface area contributed by atoms with Gasteiger partial charge in [-0.25, -0.2) is 9.59 Å². The smallest absolute Gasteiger partial charge is 0.410 e. The van der Waals surface area contributed by atoms with Crippen molar-refractivity contribution in [3.8, 4) is 5.75 Å². The van der Waals surface area contributed by atoms with E-state index >= 15 is 0 Å². The lowest BCUT2D eigenvalue weighted by atomic mass is 9.98. The Morgan fingerprint density at radius 2 is 1.68 bits per heavy atom. The average molecular weight is 432 g/mol. The lowest BCUT2D eigenvalue weighted by Crippen LogP contribution is -2.49. The van der Waals surface area contributed by atoms with Crippen molar-refractivity contribution >= 4 is 12.1 Å². The monoisotopic (exact) mass is 431 g/mol. The minimum Gasteiger partial charge on any atom is -0.497 e. The van der Waals surface area contributed by atoms with E-state index in [0.717, 1.165) is 70.0 Å². The normalized spacial score (nSPS) is 19.6. The molecule has 0 spiro atoms. The van der Waals surface area contributed by atoms with E-state index in [4.69, 9.17) is 14.2 Å². The van der Waals surface area contributed by atoms with Crippen LogP contribution >= 0.6 is 0 Å². The van der Waals surface area contributed by atoms with Crippen LogP contribution in [0.15, 0.2) is 24.3 Å². The number of carbonyl (C=O) groups is 2. The second-order valence-electron chi connectivity index (χ2n) is 8.67. The van der Waals surface area contributed by atoms with Crippen LogP contribution in [0.25, 0.3) is 0 Å². The summed E-state index contributed by atoms with van der Waals surface area (Å²) in [7, 11) is 1.67. The number of hydrogen-bond acceptors (Lipinski definition) is 5. The first-order valence-corrected chi connectivity index (χ1v) is 11.9. The van der Waals surface area contributed by atoms with E-state index in [1.807, 2.05) is 12.1 Å². The molecule has 1 aromatic carbocycles. The summed E-state index contributed by atoms with van der Waals surface area (Å²) in [5, 5.41) is 0. The van der Waals surface area contributed by atoms with E-state index in [2.05, 4.69) is 12.1 Å². The molecule has 0 N–H and O–H groups in total. The van der Waals surface area contributed by atoms with Crippen molar-refractivity contribution in [2.24, 2.45) is 0 Å².